The van der Waals surface area contributed by atoms with E-state index in [9.17, 15) is 18.0 Å². The standard InChI is InChI=1S/C9H8O5S/c1-15(13,14)8-3-2-6(9(11)12)4-7(8)5-10/h2-5H,1H3,(H,11,12). The molecule has 0 aliphatic heterocycles. The number of carbonyl (C=O) groups is 2. The van der Waals surface area contributed by atoms with Gasteiger partial charge >= 0.3 is 5.97 Å². The highest BCUT2D eigenvalue weighted by Crippen LogP contribution is 2.15. The Morgan fingerprint density at radius 2 is 2.00 bits per heavy atom. The van der Waals surface area contributed by atoms with Crippen LogP contribution in [0.3, 0.4) is 0 Å². The molecule has 0 aromatic heterocycles. The summed E-state index contributed by atoms with van der Waals surface area (Å²) in [7, 11) is -3.51. The van der Waals surface area contributed by atoms with Crippen molar-refractivity contribution < 1.29 is 23.1 Å². The van der Waals surface area contributed by atoms with Crippen LogP contribution in [0.5, 0.6) is 0 Å². The van der Waals surface area contributed by atoms with E-state index in [1.54, 1.807) is 0 Å². The van der Waals surface area contributed by atoms with Crippen LogP contribution >= 0.6 is 0 Å². The summed E-state index contributed by atoms with van der Waals surface area (Å²) in [6.45, 7) is 0. The molecule has 80 valence electrons. The van der Waals surface area contributed by atoms with E-state index in [0.29, 0.717) is 6.29 Å². The molecule has 0 radical (unpaired) electrons. The average molecular weight is 228 g/mol. The Balaban J connectivity index is 3.47. The molecule has 15 heavy (non-hydrogen) atoms. The number of hydrogen-bond acceptors (Lipinski definition) is 4. The zero-order valence-electron chi connectivity index (χ0n) is 7.80. The molecule has 0 saturated carbocycles. The summed E-state index contributed by atoms with van der Waals surface area (Å²) < 4.78 is 22.4. The van der Waals surface area contributed by atoms with Gasteiger partial charge in [0.1, 0.15) is 0 Å². The van der Waals surface area contributed by atoms with Gasteiger partial charge in [0.15, 0.2) is 16.1 Å². The Hall–Kier alpha value is -1.69. The van der Waals surface area contributed by atoms with Gasteiger partial charge in [-0.2, -0.15) is 0 Å². The molecule has 1 aromatic carbocycles. The van der Waals surface area contributed by atoms with E-state index in [2.05, 4.69) is 0 Å². The van der Waals surface area contributed by atoms with E-state index in [1.165, 1.54) is 0 Å². The number of carboxylic acid groups (broad SMARTS) is 1. The van der Waals surface area contributed by atoms with Crippen molar-refractivity contribution in [3.63, 3.8) is 0 Å². The molecule has 0 saturated heterocycles. The van der Waals surface area contributed by atoms with Crippen molar-refractivity contribution in [3.8, 4) is 0 Å². The van der Waals surface area contributed by atoms with Gasteiger partial charge in [0, 0.05) is 11.8 Å². The van der Waals surface area contributed by atoms with E-state index in [-0.39, 0.29) is 16.0 Å². The van der Waals surface area contributed by atoms with Crippen molar-refractivity contribution in [2.75, 3.05) is 6.26 Å². The molecule has 0 amide bonds. The van der Waals surface area contributed by atoms with Crippen LogP contribution in [0, 0.1) is 0 Å². The maximum Gasteiger partial charge on any atom is 0.335 e. The average Bonchev–Trinajstić information content (AvgIpc) is 2.15. The highest BCUT2D eigenvalue weighted by molar-refractivity contribution is 7.90. The zero-order chi connectivity index (χ0) is 11.6. The van der Waals surface area contributed by atoms with E-state index >= 15 is 0 Å². The lowest BCUT2D eigenvalue weighted by Gasteiger charge is -2.02. The molecule has 1 rings (SSSR count). The number of sulfone groups is 1. The van der Waals surface area contributed by atoms with Gasteiger partial charge in [-0.05, 0) is 18.2 Å². The second-order valence-corrected chi connectivity index (χ2v) is 4.93. The Kier molecular flexibility index (Phi) is 2.90. The third kappa shape index (κ3) is 2.41. The molecule has 1 N–H and O–H groups in total. The summed E-state index contributed by atoms with van der Waals surface area (Å²) in [5.74, 6) is -1.21. The fraction of sp³-hybridized carbons (Fsp3) is 0.111. The summed E-state index contributed by atoms with van der Waals surface area (Å²) in [4.78, 5) is 21.0. The molecular formula is C9H8O5S. The van der Waals surface area contributed by atoms with E-state index < -0.39 is 15.8 Å². The van der Waals surface area contributed by atoms with Crippen molar-refractivity contribution in [1.82, 2.24) is 0 Å². The summed E-state index contributed by atoms with van der Waals surface area (Å²) in [6.07, 6.45) is 1.28. The third-order valence-electron chi connectivity index (χ3n) is 1.78. The predicted octanol–water partition coefficient (Wildman–Crippen LogP) is 0.601. The van der Waals surface area contributed by atoms with Gasteiger partial charge in [-0.25, -0.2) is 13.2 Å². The molecule has 0 unspecified atom stereocenters. The van der Waals surface area contributed by atoms with Gasteiger partial charge < -0.3 is 5.11 Å². The number of aromatic carboxylic acids is 1. The molecule has 6 heteroatoms. The second-order valence-electron chi connectivity index (χ2n) is 2.95. The van der Waals surface area contributed by atoms with Crippen LogP contribution in [0.25, 0.3) is 0 Å². The van der Waals surface area contributed by atoms with Gasteiger partial charge in [0.2, 0.25) is 0 Å². The zero-order valence-corrected chi connectivity index (χ0v) is 8.61. The molecule has 0 aliphatic rings. The Labute approximate surface area is 86.3 Å². The van der Waals surface area contributed by atoms with Gasteiger partial charge in [0.25, 0.3) is 0 Å². The van der Waals surface area contributed by atoms with Gasteiger partial charge in [0.05, 0.1) is 10.5 Å². The second kappa shape index (κ2) is 3.82. The van der Waals surface area contributed by atoms with Crippen molar-refractivity contribution in [1.29, 1.82) is 0 Å². The molecule has 0 fully saturated rings. The van der Waals surface area contributed by atoms with Crippen LogP contribution in [-0.4, -0.2) is 32.0 Å². The first-order chi connectivity index (χ1) is 6.86. The van der Waals surface area contributed by atoms with Crippen molar-refractivity contribution in [3.05, 3.63) is 29.3 Å². The van der Waals surface area contributed by atoms with Gasteiger partial charge in [-0.15, -0.1) is 0 Å². The van der Waals surface area contributed by atoms with E-state index in [1.807, 2.05) is 0 Å². The lowest BCUT2D eigenvalue weighted by Crippen LogP contribution is -2.05. The number of hydrogen-bond donors (Lipinski definition) is 1. The van der Waals surface area contributed by atoms with Crippen LogP contribution in [0.2, 0.25) is 0 Å². The summed E-state index contributed by atoms with van der Waals surface area (Å²) >= 11 is 0. The summed E-state index contributed by atoms with van der Waals surface area (Å²) in [5.41, 5.74) is -0.262. The Bertz CT molecular complexity index is 515. The van der Waals surface area contributed by atoms with E-state index in [0.717, 1.165) is 24.5 Å². The lowest BCUT2D eigenvalue weighted by molar-refractivity contribution is 0.0696. The maximum atomic E-state index is 11.2. The normalized spacial score (nSPS) is 11.0. The van der Waals surface area contributed by atoms with Crippen LogP contribution in [-0.2, 0) is 9.84 Å². The predicted molar refractivity (Wildman–Crippen MR) is 51.9 cm³/mol. The maximum absolute atomic E-state index is 11.2. The van der Waals surface area contributed by atoms with Crippen LogP contribution in [0.15, 0.2) is 23.1 Å². The van der Waals surface area contributed by atoms with Crippen LogP contribution in [0.1, 0.15) is 20.7 Å². The molecule has 0 aliphatic carbocycles. The molecule has 1 aromatic rings. The summed E-state index contributed by atoms with van der Waals surface area (Å²) in [6, 6.07) is 3.29. The topological polar surface area (TPSA) is 88.5 Å². The Morgan fingerprint density at radius 3 is 2.40 bits per heavy atom. The van der Waals surface area contributed by atoms with Gasteiger partial charge in [-0.1, -0.05) is 0 Å². The lowest BCUT2D eigenvalue weighted by atomic mass is 10.1. The monoisotopic (exact) mass is 228 g/mol. The molecule has 5 nitrogen and oxygen atoms in total. The van der Waals surface area contributed by atoms with Crippen molar-refractivity contribution >= 4 is 22.1 Å². The smallest absolute Gasteiger partial charge is 0.335 e. The molecule has 0 spiro atoms. The summed E-state index contributed by atoms with van der Waals surface area (Å²) in [5, 5.41) is 8.63. The van der Waals surface area contributed by atoms with Crippen LogP contribution < -0.4 is 0 Å². The molecule has 0 atom stereocenters. The van der Waals surface area contributed by atoms with Gasteiger partial charge in [-0.3, -0.25) is 4.79 Å². The van der Waals surface area contributed by atoms with Crippen molar-refractivity contribution in [2.45, 2.75) is 4.90 Å². The highest BCUT2D eigenvalue weighted by Gasteiger charge is 2.15. The number of rotatable bonds is 3. The minimum absolute atomic E-state index is 0.121. The number of carboxylic acids is 1. The minimum atomic E-state index is -3.51. The first kappa shape index (κ1) is 11.4. The number of benzene rings is 1. The number of aldehydes is 1. The fourth-order valence-corrected chi connectivity index (χ4v) is 1.96. The molecule has 0 bridgehead atoms. The molecular weight excluding hydrogens is 220 g/mol. The van der Waals surface area contributed by atoms with Crippen molar-refractivity contribution in [2.24, 2.45) is 0 Å². The number of carbonyl (C=O) groups excluding carboxylic acids is 1. The molecule has 0 heterocycles. The largest absolute Gasteiger partial charge is 0.478 e. The van der Waals surface area contributed by atoms with Crippen LogP contribution in [0.4, 0.5) is 0 Å². The fourth-order valence-electron chi connectivity index (χ4n) is 1.11. The third-order valence-corrected chi connectivity index (χ3v) is 2.95. The highest BCUT2D eigenvalue weighted by atomic mass is 32.2. The minimum Gasteiger partial charge on any atom is -0.478 e. The first-order valence-electron chi connectivity index (χ1n) is 3.89. The van der Waals surface area contributed by atoms with E-state index in [4.69, 9.17) is 5.11 Å². The quantitative estimate of drug-likeness (QED) is 0.765. The SMILES string of the molecule is CS(=O)(=O)c1ccc(C(=O)O)cc1C=O. The Morgan fingerprint density at radius 1 is 1.40 bits per heavy atom. The first-order valence-corrected chi connectivity index (χ1v) is 5.78.